The summed E-state index contributed by atoms with van der Waals surface area (Å²) in [5.41, 5.74) is 1.31. The molecule has 0 aromatic carbocycles. The summed E-state index contributed by atoms with van der Waals surface area (Å²) in [6.07, 6.45) is 14.6. The van der Waals surface area contributed by atoms with Crippen LogP contribution in [-0.4, -0.2) is 4.98 Å². The zero-order valence-electron chi connectivity index (χ0n) is 11.8. The Morgan fingerprint density at radius 3 is 2.67 bits per heavy atom. The smallest absolute Gasteiger partial charge is 0.0434 e. The highest BCUT2D eigenvalue weighted by molar-refractivity contribution is 5.09. The van der Waals surface area contributed by atoms with Gasteiger partial charge in [-0.1, -0.05) is 51.5 Å². The summed E-state index contributed by atoms with van der Waals surface area (Å²) < 4.78 is 0. The van der Waals surface area contributed by atoms with Crippen molar-refractivity contribution in [3.63, 3.8) is 0 Å². The maximum Gasteiger partial charge on any atom is 0.0434 e. The van der Waals surface area contributed by atoms with Crippen molar-refractivity contribution >= 4 is 0 Å². The molecule has 1 aromatic rings. The third-order valence-corrected chi connectivity index (χ3v) is 4.39. The fraction of sp³-hybridized carbons (Fsp3) is 0.706. The summed E-state index contributed by atoms with van der Waals surface area (Å²) in [6.45, 7) is 2.29. The molecule has 1 nitrogen and oxygen atoms in total. The van der Waals surface area contributed by atoms with Crippen LogP contribution in [0, 0.1) is 5.92 Å². The van der Waals surface area contributed by atoms with Gasteiger partial charge in [-0.15, -0.1) is 0 Å². The molecule has 18 heavy (non-hydrogen) atoms. The Labute approximate surface area is 112 Å². The second-order valence-electron chi connectivity index (χ2n) is 5.82. The van der Waals surface area contributed by atoms with E-state index in [4.69, 9.17) is 0 Å². The number of nitrogens with zero attached hydrogens (tertiary/aromatic N) is 1. The lowest BCUT2D eigenvalue weighted by atomic mass is 9.82. The molecule has 1 unspecified atom stereocenters. The van der Waals surface area contributed by atoms with Gasteiger partial charge in [0.2, 0.25) is 0 Å². The molecule has 0 N–H and O–H groups in total. The Morgan fingerprint density at radius 2 is 2.00 bits per heavy atom. The Bertz CT molecular complexity index is 314. The van der Waals surface area contributed by atoms with Crippen LogP contribution in [0.3, 0.4) is 0 Å². The summed E-state index contributed by atoms with van der Waals surface area (Å²) >= 11 is 0. The second kappa shape index (κ2) is 7.56. The Balaban J connectivity index is 1.86. The predicted octanol–water partition coefficient (Wildman–Crippen LogP) is 5.33. The molecule has 0 amide bonds. The van der Waals surface area contributed by atoms with Crippen LogP contribution >= 0.6 is 0 Å². The average Bonchev–Trinajstić information content (AvgIpc) is 2.45. The highest BCUT2D eigenvalue weighted by Crippen LogP contribution is 2.32. The first-order valence-electron chi connectivity index (χ1n) is 7.81. The number of hydrogen-bond acceptors (Lipinski definition) is 1. The van der Waals surface area contributed by atoms with Gasteiger partial charge in [0.15, 0.2) is 0 Å². The molecule has 1 heterocycles. The number of rotatable bonds is 6. The summed E-state index contributed by atoms with van der Waals surface area (Å²) in [6, 6.07) is 6.36. The van der Waals surface area contributed by atoms with Crippen molar-refractivity contribution in [1.29, 1.82) is 0 Å². The largest absolute Gasteiger partial charge is 0.261 e. The van der Waals surface area contributed by atoms with Crippen LogP contribution in [-0.2, 0) is 0 Å². The maximum atomic E-state index is 4.56. The molecule has 1 heteroatoms. The monoisotopic (exact) mass is 245 g/mol. The van der Waals surface area contributed by atoms with Gasteiger partial charge in [0.1, 0.15) is 0 Å². The SMILES string of the molecule is CCCC(CCC1CCCCC1)c1ccccn1. The molecule has 1 aliphatic rings. The zero-order chi connectivity index (χ0) is 12.6. The third-order valence-electron chi connectivity index (χ3n) is 4.39. The van der Waals surface area contributed by atoms with Crippen LogP contribution in [0.4, 0.5) is 0 Å². The van der Waals surface area contributed by atoms with Crippen molar-refractivity contribution in [2.75, 3.05) is 0 Å². The van der Waals surface area contributed by atoms with Crippen LogP contribution in [0.25, 0.3) is 0 Å². The van der Waals surface area contributed by atoms with Gasteiger partial charge in [-0.25, -0.2) is 0 Å². The molecule has 100 valence electrons. The molecule has 0 spiro atoms. The Kier molecular flexibility index (Phi) is 5.70. The summed E-state index contributed by atoms with van der Waals surface area (Å²) in [5.74, 6) is 1.69. The molecule has 1 fully saturated rings. The molecule has 2 rings (SSSR count). The minimum atomic E-state index is 0.693. The second-order valence-corrected chi connectivity index (χ2v) is 5.82. The van der Waals surface area contributed by atoms with Crippen molar-refractivity contribution < 1.29 is 0 Å². The minimum absolute atomic E-state index is 0.693. The highest BCUT2D eigenvalue weighted by Gasteiger charge is 2.17. The Morgan fingerprint density at radius 1 is 1.17 bits per heavy atom. The van der Waals surface area contributed by atoms with Crippen LogP contribution < -0.4 is 0 Å². The normalized spacial score (nSPS) is 18.7. The standard InChI is InChI=1S/C17H27N/c1-2-8-16(17-11-6-7-14-18-17)13-12-15-9-4-3-5-10-15/h6-7,11,14-16H,2-5,8-10,12-13H2,1H3. The van der Waals surface area contributed by atoms with Gasteiger partial charge in [0, 0.05) is 17.8 Å². The van der Waals surface area contributed by atoms with Gasteiger partial charge in [0.05, 0.1) is 0 Å². The number of hydrogen-bond donors (Lipinski definition) is 0. The quantitative estimate of drug-likeness (QED) is 0.660. The van der Waals surface area contributed by atoms with Crippen LogP contribution in [0.1, 0.15) is 76.3 Å². The molecule has 1 saturated carbocycles. The van der Waals surface area contributed by atoms with E-state index in [-0.39, 0.29) is 0 Å². The summed E-state index contributed by atoms with van der Waals surface area (Å²) in [4.78, 5) is 4.56. The molecule has 1 atom stereocenters. The van der Waals surface area contributed by atoms with E-state index in [0.29, 0.717) is 5.92 Å². The van der Waals surface area contributed by atoms with E-state index < -0.39 is 0 Å². The molecule has 0 radical (unpaired) electrons. The van der Waals surface area contributed by atoms with Gasteiger partial charge >= 0.3 is 0 Å². The molecule has 1 aliphatic carbocycles. The van der Waals surface area contributed by atoms with Crippen LogP contribution in [0.5, 0.6) is 0 Å². The van der Waals surface area contributed by atoms with Gasteiger partial charge < -0.3 is 0 Å². The van der Waals surface area contributed by atoms with Crippen molar-refractivity contribution in [2.45, 2.75) is 70.6 Å². The fourth-order valence-electron chi connectivity index (χ4n) is 3.32. The first-order chi connectivity index (χ1) is 8.90. The van der Waals surface area contributed by atoms with E-state index in [0.717, 1.165) is 5.92 Å². The van der Waals surface area contributed by atoms with Crippen LogP contribution in [0.15, 0.2) is 24.4 Å². The number of aromatic nitrogens is 1. The van der Waals surface area contributed by atoms with E-state index in [1.54, 1.807) is 0 Å². The van der Waals surface area contributed by atoms with E-state index in [2.05, 4.69) is 24.0 Å². The zero-order valence-corrected chi connectivity index (χ0v) is 11.8. The lowest BCUT2D eigenvalue weighted by Crippen LogP contribution is -2.09. The van der Waals surface area contributed by atoms with E-state index >= 15 is 0 Å². The van der Waals surface area contributed by atoms with Crippen molar-refractivity contribution in [3.05, 3.63) is 30.1 Å². The number of pyridine rings is 1. The van der Waals surface area contributed by atoms with E-state index in [1.165, 1.54) is 63.5 Å². The van der Waals surface area contributed by atoms with E-state index in [9.17, 15) is 0 Å². The highest BCUT2D eigenvalue weighted by atomic mass is 14.7. The first kappa shape index (κ1) is 13.6. The fourth-order valence-corrected chi connectivity index (χ4v) is 3.32. The molecule has 0 aliphatic heterocycles. The van der Waals surface area contributed by atoms with Gasteiger partial charge in [-0.3, -0.25) is 4.98 Å². The summed E-state index contributed by atoms with van der Waals surface area (Å²) in [5, 5.41) is 0. The lowest BCUT2D eigenvalue weighted by molar-refractivity contribution is 0.319. The summed E-state index contributed by atoms with van der Waals surface area (Å²) in [7, 11) is 0. The predicted molar refractivity (Wildman–Crippen MR) is 77.7 cm³/mol. The average molecular weight is 245 g/mol. The van der Waals surface area contributed by atoms with E-state index in [1.807, 2.05) is 12.3 Å². The third kappa shape index (κ3) is 4.12. The maximum absolute atomic E-state index is 4.56. The van der Waals surface area contributed by atoms with Crippen molar-refractivity contribution in [1.82, 2.24) is 4.98 Å². The van der Waals surface area contributed by atoms with Crippen molar-refractivity contribution in [3.8, 4) is 0 Å². The van der Waals surface area contributed by atoms with Crippen LogP contribution in [0.2, 0.25) is 0 Å². The molecular formula is C17H27N. The minimum Gasteiger partial charge on any atom is -0.261 e. The van der Waals surface area contributed by atoms with Gasteiger partial charge in [0.25, 0.3) is 0 Å². The van der Waals surface area contributed by atoms with Crippen molar-refractivity contribution in [2.24, 2.45) is 5.92 Å². The molecular weight excluding hydrogens is 218 g/mol. The topological polar surface area (TPSA) is 12.9 Å². The Hall–Kier alpha value is -0.850. The molecule has 1 aromatic heterocycles. The molecule has 0 bridgehead atoms. The van der Waals surface area contributed by atoms with Gasteiger partial charge in [-0.2, -0.15) is 0 Å². The van der Waals surface area contributed by atoms with Gasteiger partial charge in [-0.05, 0) is 37.3 Å². The first-order valence-corrected chi connectivity index (χ1v) is 7.81. The molecule has 0 saturated heterocycles. The lowest BCUT2D eigenvalue weighted by Gasteiger charge is -2.24.